The predicted molar refractivity (Wildman–Crippen MR) is 111 cm³/mol. The maximum absolute atomic E-state index is 4.79. The third kappa shape index (κ3) is 5.45. The molecule has 4 heteroatoms. The molecule has 0 saturated carbocycles. The number of nitrogens with zero attached hydrogens (tertiary/aromatic N) is 3. The third-order valence-electron chi connectivity index (χ3n) is 5.03. The van der Waals surface area contributed by atoms with Gasteiger partial charge >= 0.3 is 0 Å². The van der Waals surface area contributed by atoms with Gasteiger partial charge in [-0.2, -0.15) is 4.98 Å². The van der Waals surface area contributed by atoms with E-state index in [2.05, 4.69) is 47.5 Å². The van der Waals surface area contributed by atoms with E-state index in [0.717, 1.165) is 42.7 Å². The van der Waals surface area contributed by atoms with Gasteiger partial charge in [0, 0.05) is 31.3 Å². The lowest BCUT2D eigenvalue weighted by molar-refractivity contribution is 0.616. The standard InChI is InChI=1S/C22H32N4/c1-2-3-4-5-6-10-15-23-22-24-20(19-13-8-7-9-14-19)18-21(25-22)26-16-11-12-17-26/h7-9,13-14,18H,2-6,10-12,15-17H2,1H3,(H,23,24,25). The van der Waals surface area contributed by atoms with Gasteiger partial charge in [-0.05, 0) is 19.3 Å². The Hall–Kier alpha value is -2.10. The van der Waals surface area contributed by atoms with Crippen LogP contribution in [0, 0.1) is 0 Å². The normalized spacial score (nSPS) is 14.0. The first-order chi connectivity index (χ1) is 12.9. The van der Waals surface area contributed by atoms with E-state index >= 15 is 0 Å². The van der Waals surface area contributed by atoms with Crippen LogP contribution in [0.1, 0.15) is 58.3 Å². The Balaban J connectivity index is 1.65. The van der Waals surface area contributed by atoms with Crippen molar-refractivity contribution in [2.75, 3.05) is 29.9 Å². The van der Waals surface area contributed by atoms with Crippen LogP contribution in [0.5, 0.6) is 0 Å². The van der Waals surface area contributed by atoms with E-state index in [4.69, 9.17) is 9.97 Å². The van der Waals surface area contributed by atoms with Crippen molar-refractivity contribution in [3.05, 3.63) is 36.4 Å². The van der Waals surface area contributed by atoms with E-state index in [-0.39, 0.29) is 0 Å². The molecule has 0 spiro atoms. The Morgan fingerprint density at radius 3 is 2.42 bits per heavy atom. The molecule has 1 aliphatic rings. The molecule has 26 heavy (non-hydrogen) atoms. The quantitative estimate of drug-likeness (QED) is 0.572. The lowest BCUT2D eigenvalue weighted by Crippen LogP contribution is -2.20. The number of anilines is 2. The van der Waals surface area contributed by atoms with Crippen molar-refractivity contribution in [1.82, 2.24) is 9.97 Å². The van der Waals surface area contributed by atoms with Gasteiger partial charge in [0.25, 0.3) is 0 Å². The number of rotatable bonds is 10. The van der Waals surface area contributed by atoms with Crippen molar-refractivity contribution < 1.29 is 0 Å². The van der Waals surface area contributed by atoms with Crippen LogP contribution in [0.15, 0.2) is 36.4 Å². The molecule has 1 aliphatic heterocycles. The van der Waals surface area contributed by atoms with E-state index in [1.165, 1.54) is 51.4 Å². The summed E-state index contributed by atoms with van der Waals surface area (Å²) < 4.78 is 0. The summed E-state index contributed by atoms with van der Waals surface area (Å²) in [7, 11) is 0. The Kier molecular flexibility index (Phi) is 7.29. The van der Waals surface area contributed by atoms with Crippen molar-refractivity contribution in [3.8, 4) is 11.3 Å². The van der Waals surface area contributed by atoms with Crippen LogP contribution in [-0.4, -0.2) is 29.6 Å². The Morgan fingerprint density at radius 1 is 0.923 bits per heavy atom. The molecule has 1 aromatic heterocycles. The predicted octanol–water partition coefficient (Wildman–Crippen LogP) is 5.52. The fourth-order valence-electron chi connectivity index (χ4n) is 3.48. The third-order valence-corrected chi connectivity index (χ3v) is 5.03. The van der Waals surface area contributed by atoms with Gasteiger partial charge < -0.3 is 10.2 Å². The highest BCUT2D eigenvalue weighted by atomic mass is 15.2. The number of nitrogens with one attached hydrogen (secondary N) is 1. The second kappa shape index (κ2) is 10.1. The van der Waals surface area contributed by atoms with Gasteiger partial charge in [0.2, 0.25) is 5.95 Å². The molecule has 0 amide bonds. The maximum Gasteiger partial charge on any atom is 0.225 e. The molecule has 1 aromatic carbocycles. The maximum atomic E-state index is 4.79. The van der Waals surface area contributed by atoms with E-state index in [1.807, 2.05) is 6.07 Å². The average Bonchev–Trinajstić information content (AvgIpc) is 3.23. The molecule has 3 rings (SSSR count). The summed E-state index contributed by atoms with van der Waals surface area (Å²) in [6.07, 6.45) is 10.3. The van der Waals surface area contributed by atoms with Gasteiger partial charge in [0.15, 0.2) is 0 Å². The molecular formula is C22H32N4. The second-order valence-electron chi connectivity index (χ2n) is 7.19. The monoisotopic (exact) mass is 352 g/mol. The molecule has 0 bridgehead atoms. The van der Waals surface area contributed by atoms with Gasteiger partial charge in [0.05, 0.1) is 5.69 Å². The largest absolute Gasteiger partial charge is 0.356 e. The topological polar surface area (TPSA) is 41.1 Å². The van der Waals surface area contributed by atoms with Crippen molar-refractivity contribution in [3.63, 3.8) is 0 Å². The van der Waals surface area contributed by atoms with Gasteiger partial charge in [-0.25, -0.2) is 4.98 Å². The first-order valence-electron chi connectivity index (χ1n) is 10.3. The molecule has 0 atom stereocenters. The highest BCUT2D eigenvalue weighted by Crippen LogP contribution is 2.25. The van der Waals surface area contributed by atoms with Crippen molar-refractivity contribution in [2.45, 2.75) is 58.3 Å². The van der Waals surface area contributed by atoms with Gasteiger partial charge in [-0.3, -0.25) is 0 Å². The summed E-state index contributed by atoms with van der Waals surface area (Å²) in [6, 6.07) is 12.5. The summed E-state index contributed by atoms with van der Waals surface area (Å²) in [6.45, 7) is 5.41. The smallest absolute Gasteiger partial charge is 0.225 e. The van der Waals surface area contributed by atoms with Gasteiger partial charge in [0.1, 0.15) is 5.82 Å². The van der Waals surface area contributed by atoms with E-state index in [9.17, 15) is 0 Å². The number of aromatic nitrogens is 2. The second-order valence-corrected chi connectivity index (χ2v) is 7.19. The van der Waals surface area contributed by atoms with Crippen molar-refractivity contribution in [1.29, 1.82) is 0 Å². The van der Waals surface area contributed by atoms with Crippen LogP contribution >= 0.6 is 0 Å². The van der Waals surface area contributed by atoms with Crippen LogP contribution in [-0.2, 0) is 0 Å². The zero-order valence-corrected chi connectivity index (χ0v) is 16.1. The molecule has 0 radical (unpaired) electrons. The summed E-state index contributed by atoms with van der Waals surface area (Å²) in [5, 5.41) is 3.46. The van der Waals surface area contributed by atoms with Crippen molar-refractivity contribution in [2.24, 2.45) is 0 Å². The van der Waals surface area contributed by atoms with Crippen LogP contribution in [0.4, 0.5) is 11.8 Å². The summed E-state index contributed by atoms with van der Waals surface area (Å²) in [5.41, 5.74) is 2.16. The summed E-state index contributed by atoms with van der Waals surface area (Å²) in [5.74, 6) is 1.82. The van der Waals surface area contributed by atoms with Crippen LogP contribution in [0.3, 0.4) is 0 Å². The van der Waals surface area contributed by atoms with Crippen LogP contribution in [0.2, 0.25) is 0 Å². The zero-order valence-electron chi connectivity index (χ0n) is 16.1. The minimum atomic E-state index is 0.766. The van der Waals surface area contributed by atoms with Gasteiger partial charge in [-0.15, -0.1) is 0 Å². The molecule has 2 heterocycles. The molecule has 0 unspecified atom stereocenters. The fraction of sp³-hybridized carbons (Fsp3) is 0.545. The summed E-state index contributed by atoms with van der Waals surface area (Å²) >= 11 is 0. The molecule has 0 aliphatic carbocycles. The van der Waals surface area contributed by atoms with Gasteiger partial charge in [-0.1, -0.05) is 69.4 Å². The SMILES string of the molecule is CCCCCCCCNc1nc(-c2ccccc2)cc(N2CCCC2)n1. The average molecular weight is 353 g/mol. The van der Waals surface area contributed by atoms with E-state index < -0.39 is 0 Å². The molecule has 4 nitrogen and oxygen atoms in total. The minimum Gasteiger partial charge on any atom is -0.356 e. The first-order valence-corrected chi connectivity index (χ1v) is 10.3. The molecule has 1 saturated heterocycles. The lowest BCUT2D eigenvalue weighted by Gasteiger charge is -2.18. The Labute approximate surface area is 158 Å². The van der Waals surface area contributed by atoms with Crippen molar-refractivity contribution >= 4 is 11.8 Å². The van der Waals surface area contributed by atoms with E-state index in [0.29, 0.717) is 0 Å². The molecule has 140 valence electrons. The zero-order chi connectivity index (χ0) is 18.0. The molecular weight excluding hydrogens is 320 g/mol. The van der Waals surface area contributed by atoms with Crippen LogP contribution in [0.25, 0.3) is 11.3 Å². The molecule has 1 N–H and O–H groups in total. The van der Waals surface area contributed by atoms with Crippen LogP contribution < -0.4 is 10.2 Å². The first kappa shape index (κ1) is 18.7. The summed E-state index contributed by atoms with van der Waals surface area (Å²) in [4.78, 5) is 11.9. The molecule has 2 aromatic rings. The van der Waals surface area contributed by atoms with E-state index in [1.54, 1.807) is 0 Å². The number of unbranched alkanes of at least 4 members (excludes halogenated alkanes) is 5. The highest BCUT2D eigenvalue weighted by Gasteiger charge is 2.16. The number of benzene rings is 1. The number of hydrogen-bond acceptors (Lipinski definition) is 4. The molecule has 1 fully saturated rings. The number of hydrogen-bond donors (Lipinski definition) is 1. The Bertz CT molecular complexity index is 650. The lowest BCUT2D eigenvalue weighted by atomic mass is 10.1. The Morgan fingerprint density at radius 2 is 1.65 bits per heavy atom. The minimum absolute atomic E-state index is 0.766. The fourth-order valence-corrected chi connectivity index (χ4v) is 3.48. The highest BCUT2D eigenvalue weighted by molar-refractivity contribution is 5.64.